The van der Waals surface area contributed by atoms with Crippen LogP contribution < -0.4 is 10.2 Å². The lowest BCUT2D eigenvalue weighted by atomic mass is 10.1. The molecule has 1 fully saturated rings. The second-order valence-corrected chi connectivity index (χ2v) is 6.57. The van der Waals surface area contributed by atoms with E-state index < -0.39 is 22.6 Å². The number of nitrogens with one attached hydrogen (secondary N) is 1. The van der Waals surface area contributed by atoms with Crippen molar-refractivity contribution in [1.82, 2.24) is 0 Å². The van der Waals surface area contributed by atoms with E-state index >= 15 is 0 Å². The number of hydrogen-bond donors (Lipinski definition) is 1. The second-order valence-electron chi connectivity index (χ2n) is 6.57. The van der Waals surface area contributed by atoms with Gasteiger partial charge in [-0.05, 0) is 36.6 Å². The molecule has 1 N–H and O–H groups in total. The maximum absolute atomic E-state index is 13.1. The Morgan fingerprint density at radius 2 is 1.75 bits per heavy atom. The number of nitrogens with zero attached hydrogens (tertiary/aromatic N) is 2. The molecule has 1 aliphatic rings. The molecule has 0 atom stereocenters. The highest BCUT2D eigenvalue weighted by molar-refractivity contribution is 5.95. The summed E-state index contributed by atoms with van der Waals surface area (Å²) in [5.74, 6) is -0.492. The zero-order valence-corrected chi connectivity index (χ0v) is 14.8. The predicted molar refractivity (Wildman–Crippen MR) is 98.3 cm³/mol. The number of rotatable bonds is 5. The van der Waals surface area contributed by atoms with Gasteiger partial charge in [0.2, 0.25) is 5.91 Å². The lowest BCUT2D eigenvalue weighted by Gasteiger charge is -2.23. The fraction of sp³-hybridized carbons (Fsp3) is 0.316. The van der Waals surface area contributed by atoms with Crippen molar-refractivity contribution >= 4 is 23.0 Å². The minimum atomic E-state index is -4.51. The van der Waals surface area contributed by atoms with Crippen LogP contribution >= 0.6 is 0 Å². The molecule has 1 saturated heterocycles. The molecule has 0 unspecified atom stereocenters. The van der Waals surface area contributed by atoms with Gasteiger partial charge >= 0.3 is 6.18 Å². The molecule has 0 aromatic heterocycles. The molecule has 1 aliphatic heterocycles. The van der Waals surface area contributed by atoms with Gasteiger partial charge in [-0.2, -0.15) is 13.2 Å². The number of alkyl halides is 3. The summed E-state index contributed by atoms with van der Waals surface area (Å²) >= 11 is 0. The highest BCUT2D eigenvalue weighted by Crippen LogP contribution is 2.36. The van der Waals surface area contributed by atoms with Crippen molar-refractivity contribution in [2.24, 2.45) is 0 Å². The summed E-state index contributed by atoms with van der Waals surface area (Å²) in [7, 11) is 0. The number of amides is 1. The van der Waals surface area contributed by atoms with Gasteiger partial charge in [0.25, 0.3) is 5.69 Å². The first kappa shape index (κ1) is 19.7. The van der Waals surface area contributed by atoms with Crippen molar-refractivity contribution in [3.63, 3.8) is 0 Å². The van der Waals surface area contributed by atoms with Crippen LogP contribution in [-0.4, -0.2) is 23.9 Å². The van der Waals surface area contributed by atoms with Crippen LogP contribution in [0.3, 0.4) is 0 Å². The Morgan fingerprint density at radius 1 is 1.11 bits per heavy atom. The number of carbonyl (C=O) groups excluding carboxylic acids is 1. The van der Waals surface area contributed by atoms with E-state index in [1.165, 1.54) is 30.3 Å². The molecule has 1 amide bonds. The number of carbonyl (C=O) groups is 1. The molecule has 2 aromatic carbocycles. The van der Waals surface area contributed by atoms with E-state index in [1.54, 1.807) is 0 Å². The number of nitro benzene ring substituents is 1. The van der Waals surface area contributed by atoms with Gasteiger partial charge in [0.05, 0.1) is 28.3 Å². The quantitative estimate of drug-likeness (QED) is 0.604. The largest absolute Gasteiger partial charge is 0.416 e. The Balaban J connectivity index is 1.80. The monoisotopic (exact) mass is 393 g/mol. The van der Waals surface area contributed by atoms with Crippen LogP contribution in [0.25, 0.3) is 0 Å². The molecule has 0 bridgehead atoms. The average molecular weight is 393 g/mol. The second kappa shape index (κ2) is 7.87. The van der Waals surface area contributed by atoms with Crippen molar-refractivity contribution in [3.8, 4) is 0 Å². The Bertz CT molecular complexity index is 876. The number of hydrogen-bond acceptors (Lipinski definition) is 4. The van der Waals surface area contributed by atoms with Gasteiger partial charge < -0.3 is 10.2 Å². The van der Waals surface area contributed by atoms with Gasteiger partial charge in [-0.1, -0.05) is 12.1 Å². The Labute approximate surface area is 159 Å². The summed E-state index contributed by atoms with van der Waals surface area (Å²) in [4.78, 5) is 24.5. The van der Waals surface area contributed by atoms with Crippen LogP contribution in [0, 0.1) is 10.1 Å². The minimum Gasteiger partial charge on any atom is -0.370 e. The molecular formula is C19H18F3N3O3. The van der Waals surface area contributed by atoms with E-state index in [9.17, 15) is 28.1 Å². The number of halogens is 3. The first-order valence-corrected chi connectivity index (χ1v) is 8.73. The third kappa shape index (κ3) is 4.59. The molecule has 6 nitrogen and oxygen atoms in total. The van der Waals surface area contributed by atoms with E-state index in [0.29, 0.717) is 11.3 Å². The highest BCUT2D eigenvalue weighted by atomic mass is 19.4. The van der Waals surface area contributed by atoms with Crippen molar-refractivity contribution in [3.05, 3.63) is 63.7 Å². The summed E-state index contributed by atoms with van der Waals surface area (Å²) in [6, 6.07) is 8.80. The van der Waals surface area contributed by atoms with Crippen LogP contribution in [-0.2, 0) is 17.4 Å². The van der Waals surface area contributed by atoms with Crippen molar-refractivity contribution in [2.45, 2.75) is 25.4 Å². The van der Waals surface area contributed by atoms with E-state index in [1.807, 2.05) is 4.90 Å². The summed E-state index contributed by atoms with van der Waals surface area (Å²) in [5.41, 5.74) is 0.267. The molecule has 3 rings (SSSR count). The van der Waals surface area contributed by atoms with Gasteiger partial charge in [-0.15, -0.1) is 0 Å². The maximum atomic E-state index is 13.1. The molecule has 148 valence electrons. The maximum Gasteiger partial charge on any atom is 0.416 e. The van der Waals surface area contributed by atoms with Crippen molar-refractivity contribution in [2.75, 3.05) is 23.3 Å². The standard InChI is InChI=1S/C19H18F3N3O3/c20-19(21,22)14-5-8-17(24-9-1-2-10-24)16(12-14)23-18(26)11-13-3-6-15(7-4-13)25(27)28/h3-8,12H,1-2,9-11H2,(H,23,26). The van der Waals surface area contributed by atoms with Gasteiger partial charge in [0.15, 0.2) is 0 Å². The number of anilines is 2. The van der Waals surface area contributed by atoms with E-state index in [2.05, 4.69) is 5.32 Å². The topological polar surface area (TPSA) is 75.5 Å². The Hall–Kier alpha value is -3.10. The lowest BCUT2D eigenvalue weighted by molar-refractivity contribution is -0.384. The SMILES string of the molecule is O=C(Cc1ccc([N+](=O)[O-])cc1)Nc1cc(C(F)(F)F)ccc1N1CCCC1. The Morgan fingerprint density at radius 3 is 2.32 bits per heavy atom. The molecule has 1 heterocycles. The van der Waals surface area contributed by atoms with Gasteiger partial charge in [0, 0.05) is 25.2 Å². The van der Waals surface area contributed by atoms with Crippen LogP contribution in [0.5, 0.6) is 0 Å². The van der Waals surface area contributed by atoms with Crippen LogP contribution in [0.2, 0.25) is 0 Å². The number of nitro groups is 1. The molecule has 0 saturated carbocycles. The molecule has 28 heavy (non-hydrogen) atoms. The first-order valence-electron chi connectivity index (χ1n) is 8.73. The van der Waals surface area contributed by atoms with Crippen molar-refractivity contribution < 1.29 is 22.9 Å². The molecule has 0 spiro atoms. The fourth-order valence-corrected chi connectivity index (χ4v) is 3.16. The highest BCUT2D eigenvalue weighted by Gasteiger charge is 2.32. The molecule has 2 aromatic rings. The molecular weight excluding hydrogens is 375 g/mol. The van der Waals surface area contributed by atoms with Crippen LogP contribution in [0.1, 0.15) is 24.0 Å². The predicted octanol–water partition coefficient (Wildman–Crippen LogP) is 4.40. The van der Waals surface area contributed by atoms with Gasteiger partial charge in [0.1, 0.15) is 0 Å². The van der Waals surface area contributed by atoms with E-state index in [4.69, 9.17) is 0 Å². The van der Waals surface area contributed by atoms with E-state index in [-0.39, 0.29) is 17.8 Å². The first-order chi connectivity index (χ1) is 13.2. The smallest absolute Gasteiger partial charge is 0.370 e. The normalized spacial score (nSPS) is 14.2. The Kier molecular flexibility index (Phi) is 5.53. The van der Waals surface area contributed by atoms with Crippen molar-refractivity contribution in [1.29, 1.82) is 0 Å². The van der Waals surface area contributed by atoms with Gasteiger partial charge in [-0.3, -0.25) is 14.9 Å². The van der Waals surface area contributed by atoms with Crippen LogP contribution in [0.4, 0.5) is 30.2 Å². The zero-order chi connectivity index (χ0) is 20.3. The van der Waals surface area contributed by atoms with Gasteiger partial charge in [-0.25, -0.2) is 0 Å². The molecule has 0 radical (unpaired) electrons. The summed E-state index contributed by atoms with van der Waals surface area (Å²) in [6.45, 7) is 1.44. The molecule has 0 aliphatic carbocycles. The summed E-state index contributed by atoms with van der Waals surface area (Å²) in [5, 5.41) is 13.3. The third-order valence-corrected chi connectivity index (χ3v) is 4.56. The number of benzene rings is 2. The number of non-ortho nitro benzene ring substituents is 1. The zero-order valence-electron chi connectivity index (χ0n) is 14.8. The fourth-order valence-electron chi connectivity index (χ4n) is 3.16. The average Bonchev–Trinajstić information content (AvgIpc) is 3.15. The van der Waals surface area contributed by atoms with Crippen LogP contribution in [0.15, 0.2) is 42.5 Å². The lowest BCUT2D eigenvalue weighted by Crippen LogP contribution is -2.22. The minimum absolute atomic E-state index is 0.0987. The summed E-state index contributed by atoms with van der Waals surface area (Å²) < 4.78 is 39.2. The molecule has 9 heteroatoms. The third-order valence-electron chi connectivity index (χ3n) is 4.56. The summed E-state index contributed by atoms with van der Waals surface area (Å²) in [6.07, 6.45) is -2.73. The van der Waals surface area contributed by atoms with E-state index in [0.717, 1.165) is 38.1 Å².